The van der Waals surface area contributed by atoms with Gasteiger partial charge in [-0.25, -0.2) is 4.98 Å². The third-order valence-corrected chi connectivity index (χ3v) is 4.42. The molecule has 5 nitrogen and oxygen atoms in total. The van der Waals surface area contributed by atoms with E-state index in [4.69, 9.17) is 4.74 Å². The zero-order chi connectivity index (χ0) is 14.5. The molecule has 2 aromatic heterocycles. The van der Waals surface area contributed by atoms with Crippen molar-refractivity contribution >= 4 is 33.3 Å². The fourth-order valence-corrected chi connectivity index (χ4v) is 3.06. The maximum atomic E-state index is 5.19. The molecule has 110 valence electrons. The molecule has 2 heterocycles. The van der Waals surface area contributed by atoms with E-state index >= 15 is 0 Å². The second kappa shape index (κ2) is 6.85. The van der Waals surface area contributed by atoms with Gasteiger partial charge < -0.3 is 15.0 Å². The van der Waals surface area contributed by atoms with Crippen LogP contribution in [0.25, 0.3) is 10.2 Å². The number of methoxy groups -OCH3 is 1. The molecule has 0 fully saturated rings. The van der Waals surface area contributed by atoms with Gasteiger partial charge in [-0.05, 0) is 19.4 Å². The monoisotopic (exact) mass is 294 g/mol. The second-order valence-corrected chi connectivity index (χ2v) is 5.59. The van der Waals surface area contributed by atoms with Crippen molar-refractivity contribution in [3.63, 3.8) is 0 Å². The molecule has 6 heteroatoms. The number of rotatable bonds is 7. The second-order valence-electron chi connectivity index (χ2n) is 4.48. The van der Waals surface area contributed by atoms with Crippen LogP contribution < -0.4 is 10.2 Å². The molecule has 2 aromatic rings. The number of anilines is 2. The lowest BCUT2D eigenvalue weighted by Crippen LogP contribution is -2.28. The Hall–Kier alpha value is -1.40. The van der Waals surface area contributed by atoms with Crippen LogP contribution in [-0.4, -0.2) is 43.8 Å². The third kappa shape index (κ3) is 3.02. The maximum Gasteiger partial charge on any atom is 0.225 e. The Bertz CT molecular complexity index is 570. The van der Waals surface area contributed by atoms with Gasteiger partial charge in [-0.15, -0.1) is 11.3 Å². The van der Waals surface area contributed by atoms with Crippen molar-refractivity contribution in [3.05, 3.63) is 10.9 Å². The molecule has 2 rings (SSSR count). The summed E-state index contributed by atoms with van der Waals surface area (Å²) in [6.45, 7) is 6.73. The Morgan fingerprint density at radius 2 is 2.15 bits per heavy atom. The molecular formula is C14H22N4OS. The number of hydrogen-bond donors (Lipinski definition) is 1. The molecule has 0 bridgehead atoms. The van der Waals surface area contributed by atoms with Crippen molar-refractivity contribution < 1.29 is 4.74 Å². The minimum Gasteiger partial charge on any atom is -0.383 e. The van der Waals surface area contributed by atoms with Crippen LogP contribution in [0.2, 0.25) is 0 Å². The molecule has 1 N–H and O–H groups in total. The molecule has 0 aromatic carbocycles. The average molecular weight is 294 g/mol. The fourth-order valence-electron chi connectivity index (χ4n) is 2.10. The zero-order valence-electron chi connectivity index (χ0n) is 12.6. The van der Waals surface area contributed by atoms with E-state index in [1.165, 1.54) is 4.88 Å². The first kappa shape index (κ1) is 15.0. The van der Waals surface area contributed by atoms with Gasteiger partial charge in [-0.1, -0.05) is 6.92 Å². The van der Waals surface area contributed by atoms with Gasteiger partial charge in [0.15, 0.2) is 0 Å². The van der Waals surface area contributed by atoms with Crippen molar-refractivity contribution in [1.29, 1.82) is 0 Å². The molecule has 0 unspecified atom stereocenters. The van der Waals surface area contributed by atoms with E-state index in [1.807, 2.05) is 7.05 Å². The van der Waals surface area contributed by atoms with Crippen molar-refractivity contribution in [2.24, 2.45) is 0 Å². The van der Waals surface area contributed by atoms with E-state index in [2.05, 4.69) is 40.1 Å². The molecule has 0 radical (unpaired) electrons. The van der Waals surface area contributed by atoms with E-state index in [0.29, 0.717) is 12.6 Å². The van der Waals surface area contributed by atoms with Gasteiger partial charge in [0.2, 0.25) is 5.95 Å². The summed E-state index contributed by atoms with van der Waals surface area (Å²) >= 11 is 1.74. The number of nitrogens with one attached hydrogen (secondary N) is 1. The Morgan fingerprint density at radius 3 is 2.75 bits per heavy atom. The van der Waals surface area contributed by atoms with E-state index in [-0.39, 0.29) is 0 Å². The average Bonchev–Trinajstić information content (AvgIpc) is 2.90. The summed E-state index contributed by atoms with van der Waals surface area (Å²) in [5.41, 5.74) is 0. The summed E-state index contributed by atoms with van der Waals surface area (Å²) in [7, 11) is 3.58. The summed E-state index contributed by atoms with van der Waals surface area (Å²) < 4.78 is 5.19. The summed E-state index contributed by atoms with van der Waals surface area (Å²) in [4.78, 5) is 13.8. The first-order valence-electron chi connectivity index (χ1n) is 6.95. The quantitative estimate of drug-likeness (QED) is 0.851. The maximum absolute atomic E-state index is 5.19. The molecule has 0 amide bonds. The van der Waals surface area contributed by atoms with E-state index in [0.717, 1.165) is 35.5 Å². The van der Waals surface area contributed by atoms with Crippen LogP contribution in [0.3, 0.4) is 0 Å². The Balaban J connectivity index is 2.49. The SMILES string of the molecule is CCc1cc2c(N(CC)CCOC)nc(NC)nc2s1. The van der Waals surface area contributed by atoms with Crippen LogP contribution in [0.15, 0.2) is 6.07 Å². The zero-order valence-corrected chi connectivity index (χ0v) is 13.4. The lowest BCUT2D eigenvalue weighted by atomic mass is 10.3. The topological polar surface area (TPSA) is 50.3 Å². The number of thiophene rings is 1. The van der Waals surface area contributed by atoms with Crippen LogP contribution >= 0.6 is 11.3 Å². The van der Waals surface area contributed by atoms with Crippen LogP contribution in [-0.2, 0) is 11.2 Å². The number of aryl methyl sites for hydroxylation is 1. The van der Waals surface area contributed by atoms with Crippen LogP contribution in [0.5, 0.6) is 0 Å². The number of hydrogen-bond acceptors (Lipinski definition) is 6. The van der Waals surface area contributed by atoms with Gasteiger partial charge in [0.05, 0.1) is 12.0 Å². The Kier molecular flexibility index (Phi) is 5.14. The van der Waals surface area contributed by atoms with E-state index in [1.54, 1.807) is 18.4 Å². The molecule has 0 aliphatic rings. The van der Waals surface area contributed by atoms with Gasteiger partial charge in [-0.2, -0.15) is 4.98 Å². The summed E-state index contributed by atoms with van der Waals surface area (Å²) in [5.74, 6) is 1.67. The number of likely N-dealkylation sites (N-methyl/N-ethyl adjacent to an activating group) is 1. The minimum atomic E-state index is 0.674. The molecule has 0 aliphatic carbocycles. The molecular weight excluding hydrogens is 272 g/mol. The number of ether oxygens (including phenoxy) is 1. The minimum absolute atomic E-state index is 0.674. The standard InChI is InChI=1S/C14H22N4OS/c1-5-10-9-11-12(18(6-2)7-8-19-4)16-14(15-3)17-13(11)20-10/h9H,5-8H2,1-4H3,(H,15,16,17). The lowest BCUT2D eigenvalue weighted by molar-refractivity contribution is 0.205. The highest BCUT2D eigenvalue weighted by Gasteiger charge is 2.15. The number of nitrogens with zero attached hydrogens (tertiary/aromatic N) is 3. The van der Waals surface area contributed by atoms with Crippen molar-refractivity contribution in [3.8, 4) is 0 Å². The van der Waals surface area contributed by atoms with Crippen molar-refractivity contribution in [1.82, 2.24) is 9.97 Å². The van der Waals surface area contributed by atoms with Crippen molar-refractivity contribution in [2.45, 2.75) is 20.3 Å². The van der Waals surface area contributed by atoms with Gasteiger partial charge >= 0.3 is 0 Å². The molecule has 0 saturated heterocycles. The molecule has 20 heavy (non-hydrogen) atoms. The predicted molar refractivity (Wildman–Crippen MR) is 86.1 cm³/mol. The first-order valence-corrected chi connectivity index (χ1v) is 7.77. The van der Waals surface area contributed by atoms with Gasteiger partial charge in [0.1, 0.15) is 10.6 Å². The normalized spacial score (nSPS) is 11.0. The van der Waals surface area contributed by atoms with Crippen LogP contribution in [0.4, 0.5) is 11.8 Å². The van der Waals surface area contributed by atoms with E-state index < -0.39 is 0 Å². The molecule has 0 saturated carbocycles. The molecule has 0 aliphatic heterocycles. The largest absolute Gasteiger partial charge is 0.383 e. The Morgan fingerprint density at radius 1 is 1.35 bits per heavy atom. The van der Waals surface area contributed by atoms with Gasteiger partial charge in [0.25, 0.3) is 0 Å². The highest BCUT2D eigenvalue weighted by Crippen LogP contribution is 2.32. The van der Waals surface area contributed by atoms with Crippen LogP contribution in [0, 0.1) is 0 Å². The smallest absolute Gasteiger partial charge is 0.225 e. The molecule has 0 spiro atoms. The van der Waals surface area contributed by atoms with Crippen LogP contribution in [0.1, 0.15) is 18.7 Å². The molecule has 0 atom stereocenters. The summed E-state index contributed by atoms with van der Waals surface area (Å²) in [6, 6.07) is 2.21. The highest BCUT2D eigenvalue weighted by atomic mass is 32.1. The predicted octanol–water partition coefficient (Wildman–Crippen LogP) is 2.77. The van der Waals surface area contributed by atoms with Crippen molar-refractivity contribution in [2.75, 3.05) is 44.1 Å². The third-order valence-electron chi connectivity index (χ3n) is 3.24. The first-order chi connectivity index (χ1) is 9.73. The lowest BCUT2D eigenvalue weighted by Gasteiger charge is -2.22. The fraction of sp³-hybridized carbons (Fsp3) is 0.571. The van der Waals surface area contributed by atoms with E-state index in [9.17, 15) is 0 Å². The van der Waals surface area contributed by atoms with Gasteiger partial charge in [0, 0.05) is 32.1 Å². The van der Waals surface area contributed by atoms with Gasteiger partial charge in [-0.3, -0.25) is 0 Å². The number of fused-ring (bicyclic) bond motifs is 1. The Labute approximate surface area is 124 Å². The number of aromatic nitrogens is 2. The summed E-state index contributed by atoms with van der Waals surface area (Å²) in [6.07, 6.45) is 1.03. The highest BCUT2D eigenvalue weighted by molar-refractivity contribution is 7.18. The summed E-state index contributed by atoms with van der Waals surface area (Å²) in [5, 5.41) is 4.19.